The number of amides is 2. The van der Waals surface area contributed by atoms with Crippen LogP contribution in [0.4, 0.5) is 33.6 Å². The minimum Gasteiger partial charge on any atom is -0.492 e. The van der Waals surface area contributed by atoms with Crippen molar-refractivity contribution in [1.82, 2.24) is 20.0 Å². The number of rotatable bonds is 10. The zero-order chi connectivity index (χ0) is 31.1. The highest BCUT2D eigenvalue weighted by atomic mass is 16.5. The molecule has 3 heterocycles. The third kappa shape index (κ3) is 7.88. The van der Waals surface area contributed by atoms with E-state index in [4.69, 9.17) is 25.1 Å². The lowest BCUT2D eigenvalue weighted by Crippen LogP contribution is -2.38. The molecule has 0 atom stereocenters. The number of ether oxygens (including phenoxy) is 2. The van der Waals surface area contributed by atoms with Crippen LogP contribution in [-0.2, 0) is 10.2 Å². The fourth-order valence-electron chi connectivity index (χ4n) is 4.48. The molecule has 0 spiro atoms. The molecule has 0 radical (unpaired) electrons. The van der Waals surface area contributed by atoms with E-state index >= 15 is 0 Å². The lowest BCUT2D eigenvalue weighted by Gasteiger charge is -2.26. The van der Waals surface area contributed by atoms with Gasteiger partial charge in [0.2, 0.25) is 0 Å². The van der Waals surface area contributed by atoms with Gasteiger partial charge in [-0.15, -0.1) is 0 Å². The lowest BCUT2D eigenvalue weighted by atomic mass is 9.93. The van der Waals surface area contributed by atoms with Gasteiger partial charge in [-0.2, -0.15) is 0 Å². The number of benzene rings is 2. The van der Waals surface area contributed by atoms with Gasteiger partial charge in [-0.05, 0) is 36.4 Å². The molecular formula is C31H37N9O4. The van der Waals surface area contributed by atoms with Gasteiger partial charge in [0.05, 0.1) is 24.5 Å². The number of nitrogens with one attached hydrogen (secondary N) is 4. The highest BCUT2D eigenvalue weighted by Gasteiger charge is 2.21. The molecule has 2 amide bonds. The topological polar surface area (TPSA) is 177 Å². The summed E-state index contributed by atoms with van der Waals surface area (Å²) < 4.78 is 16.7. The summed E-state index contributed by atoms with van der Waals surface area (Å²) in [6.45, 7) is 10.6. The van der Waals surface area contributed by atoms with Crippen LogP contribution < -0.4 is 26.4 Å². The van der Waals surface area contributed by atoms with Crippen molar-refractivity contribution in [3.05, 3.63) is 77.8 Å². The molecule has 1 aliphatic heterocycles. The van der Waals surface area contributed by atoms with Crippen LogP contribution in [0.5, 0.6) is 5.75 Å². The molecule has 4 aromatic rings. The average molecular weight is 600 g/mol. The molecule has 0 aliphatic carbocycles. The van der Waals surface area contributed by atoms with E-state index in [0.717, 1.165) is 32.8 Å². The zero-order valence-electron chi connectivity index (χ0n) is 25.0. The summed E-state index contributed by atoms with van der Waals surface area (Å²) in [5, 5.41) is 21.5. The van der Waals surface area contributed by atoms with Crippen molar-refractivity contribution in [1.29, 1.82) is 5.41 Å². The minimum atomic E-state index is -0.453. The molecule has 1 fully saturated rings. The smallest absolute Gasteiger partial charge is 0.324 e. The highest BCUT2D eigenvalue weighted by molar-refractivity contribution is 6.16. The zero-order valence-corrected chi connectivity index (χ0v) is 25.0. The van der Waals surface area contributed by atoms with Gasteiger partial charge in [-0.1, -0.05) is 38.1 Å². The predicted octanol–water partition coefficient (Wildman–Crippen LogP) is 4.86. The summed E-state index contributed by atoms with van der Waals surface area (Å²) in [4.78, 5) is 23.2. The molecule has 230 valence electrons. The Balaban J connectivity index is 1.21. The van der Waals surface area contributed by atoms with E-state index in [2.05, 4.69) is 36.0 Å². The third-order valence-electron chi connectivity index (χ3n) is 6.93. The van der Waals surface area contributed by atoms with Gasteiger partial charge in [0, 0.05) is 48.1 Å². The Hall–Kier alpha value is -5.01. The van der Waals surface area contributed by atoms with Gasteiger partial charge in [-0.3, -0.25) is 15.6 Å². The van der Waals surface area contributed by atoms with Gasteiger partial charge in [0.15, 0.2) is 5.82 Å². The number of nitrogens with two attached hydrogens (primary N) is 1. The molecule has 1 aliphatic rings. The largest absolute Gasteiger partial charge is 0.492 e. The highest BCUT2D eigenvalue weighted by Crippen LogP contribution is 2.27. The van der Waals surface area contributed by atoms with Crippen molar-refractivity contribution in [3.63, 3.8) is 0 Å². The summed E-state index contributed by atoms with van der Waals surface area (Å²) in [6, 6.07) is 15.6. The van der Waals surface area contributed by atoms with Gasteiger partial charge in [0.1, 0.15) is 36.1 Å². The summed E-state index contributed by atoms with van der Waals surface area (Å²) in [5.41, 5.74) is 8.39. The van der Waals surface area contributed by atoms with Crippen LogP contribution in [0.15, 0.2) is 65.4 Å². The maximum absolute atomic E-state index is 12.5. The normalized spacial score (nSPS) is 13.7. The monoisotopic (exact) mass is 599 g/mol. The van der Waals surface area contributed by atoms with Crippen molar-refractivity contribution in [3.8, 4) is 5.75 Å². The van der Waals surface area contributed by atoms with E-state index in [1.54, 1.807) is 30.3 Å². The van der Waals surface area contributed by atoms with Crippen LogP contribution in [0, 0.1) is 5.41 Å². The number of nitrogens with zero attached hydrogens (tertiary/aromatic N) is 4. The maximum atomic E-state index is 12.5. The number of carbonyl (C=O) groups excluding carboxylic acids is 1. The van der Waals surface area contributed by atoms with Gasteiger partial charge < -0.3 is 30.4 Å². The molecule has 6 N–H and O–H groups in total. The van der Waals surface area contributed by atoms with Crippen LogP contribution in [0.25, 0.3) is 0 Å². The molecule has 44 heavy (non-hydrogen) atoms. The van der Waals surface area contributed by atoms with Crippen LogP contribution in [0.1, 0.15) is 37.7 Å². The SMILES string of the molecule is CC(C)(C)c1cc(NC(=O)Nc2ccc(Nc3ncnc(N)c3C(=N)c3cccc(OCCN4CCOCC4)c3)cc2)no1. The quantitative estimate of drug-likeness (QED) is 0.158. The van der Waals surface area contributed by atoms with E-state index in [-0.39, 0.29) is 16.9 Å². The Bertz CT molecular complexity index is 1590. The van der Waals surface area contributed by atoms with Crippen LogP contribution >= 0.6 is 0 Å². The van der Waals surface area contributed by atoms with Crippen LogP contribution in [0.2, 0.25) is 0 Å². The van der Waals surface area contributed by atoms with Crippen molar-refractivity contribution in [2.45, 2.75) is 26.2 Å². The Morgan fingerprint density at radius 3 is 2.52 bits per heavy atom. The average Bonchev–Trinajstić information content (AvgIpc) is 3.48. The number of hydrogen-bond donors (Lipinski definition) is 5. The molecule has 1 saturated heterocycles. The first kappa shape index (κ1) is 30.4. The number of aromatic nitrogens is 3. The fraction of sp³-hybridized carbons (Fsp3) is 0.323. The standard InChI is InChI=1S/C31H37N9O4/c1-31(2,3)24-18-25(39-44-24)38-30(41)37-22-9-7-21(8-10-22)36-29-26(28(33)34-19-35-29)27(32)20-5-4-6-23(17-20)43-16-13-40-11-14-42-15-12-40/h4-10,17-19,32H,11-16H2,1-3H3,(H3,33,34,35,36)(H2,37,38,39,41). The minimum absolute atomic E-state index is 0.154. The molecule has 2 aromatic heterocycles. The van der Waals surface area contributed by atoms with Crippen LogP contribution in [-0.4, -0.2) is 71.2 Å². The number of anilines is 5. The molecule has 0 bridgehead atoms. The summed E-state index contributed by atoms with van der Waals surface area (Å²) in [6.07, 6.45) is 1.34. The van der Waals surface area contributed by atoms with E-state index in [1.807, 2.05) is 45.0 Å². The van der Waals surface area contributed by atoms with E-state index < -0.39 is 6.03 Å². The van der Waals surface area contributed by atoms with Crippen molar-refractivity contribution in [2.24, 2.45) is 0 Å². The Morgan fingerprint density at radius 2 is 1.80 bits per heavy atom. The van der Waals surface area contributed by atoms with E-state index in [9.17, 15) is 4.79 Å². The Kier molecular flexibility index (Phi) is 9.36. The second-order valence-electron chi connectivity index (χ2n) is 11.3. The number of carbonyl (C=O) groups is 1. The summed E-state index contributed by atoms with van der Waals surface area (Å²) in [7, 11) is 0. The number of hydrogen-bond acceptors (Lipinski definition) is 11. The maximum Gasteiger partial charge on any atom is 0.324 e. The fourth-order valence-corrected chi connectivity index (χ4v) is 4.48. The number of nitrogen functional groups attached to an aromatic ring is 1. The van der Waals surface area contributed by atoms with Crippen molar-refractivity contribution in [2.75, 3.05) is 61.1 Å². The first-order valence-electron chi connectivity index (χ1n) is 14.3. The second kappa shape index (κ2) is 13.5. The Morgan fingerprint density at radius 1 is 1.05 bits per heavy atom. The lowest BCUT2D eigenvalue weighted by molar-refractivity contribution is 0.0322. The van der Waals surface area contributed by atoms with E-state index in [0.29, 0.717) is 52.3 Å². The summed E-state index contributed by atoms with van der Waals surface area (Å²) >= 11 is 0. The van der Waals surface area contributed by atoms with E-state index in [1.165, 1.54) is 6.33 Å². The molecule has 13 heteroatoms. The first-order valence-corrected chi connectivity index (χ1v) is 14.3. The molecular weight excluding hydrogens is 562 g/mol. The molecule has 0 saturated carbocycles. The van der Waals surface area contributed by atoms with Gasteiger partial charge in [-0.25, -0.2) is 14.8 Å². The van der Waals surface area contributed by atoms with Gasteiger partial charge in [0.25, 0.3) is 0 Å². The first-order chi connectivity index (χ1) is 21.2. The predicted molar refractivity (Wildman–Crippen MR) is 169 cm³/mol. The van der Waals surface area contributed by atoms with Crippen molar-refractivity contribution >= 4 is 40.6 Å². The van der Waals surface area contributed by atoms with Crippen molar-refractivity contribution < 1.29 is 18.8 Å². The van der Waals surface area contributed by atoms with Crippen LogP contribution in [0.3, 0.4) is 0 Å². The Labute approximate surface area is 255 Å². The summed E-state index contributed by atoms with van der Waals surface area (Å²) in [5.74, 6) is 2.20. The third-order valence-corrected chi connectivity index (χ3v) is 6.93. The number of urea groups is 1. The molecule has 0 unspecified atom stereocenters. The molecule has 13 nitrogen and oxygen atoms in total. The molecule has 2 aromatic carbocycles. The number of morpholine rings is 1. The second-order valence-corrected chi connectivity index (χ2v) is 11.3. The van der Waals surface area contributed by atoms with Gasteiger partial charge >= 0.3 is 6.03 Å². The molecule has 5 rings (SSSR count).